The number of nitrogens with one attached hydrogen (secondary N) is 1. The van der Waals surface area contributed by atoms with Gasteiger partial charge in [0.25, 0.3) is 0 Å². The van der Waals surface area contributed by atoms with Gasteiger partial charge < -0.3 is 5.32 Å². The summed E-state index contributed by atoms with van der Waals surface area (Å²) >= 11 is 3.28. The van der Waals surface area contributed by atoms with Gasteiger partial charge in [-0.15, -0.1) is 0 Å². The van der Waals surface area contributed by atoms with Gasteiger partial charge in [-0.1, -0.05) is 15.9 Å². The van der Waals surface area contributed by atoms with E-state index in [1.807, 2.05) is 12.1 Å². The van der Waals surface area contributed by atoms with Crippen LogP contribution < -0.4 is 5.32 Å². The second-order valence-electron chi connectivity index (χ2n) is 4.97. The fraction of sp³-hybridized carbons (Fsp3) is 0.538. The SMILES string of the molecule is Fc1cc(Br)ccc1NC(C1CC1)C1CC1. The molecule has 0 heterocycles. The van der Waals surface area contributed by atoms with Crippen molar-refractivity contribution in [2.24, 2.45) is 11.8 Å². The predicted octanol–water partition coefficient (Wildman–Crippen LogP) is 4.19. The molecule has 1 N–H and O–H groups in total. The van der Waals surface area contributed by atoms with Crippen LogP contribution in [0.3, 0.4) is 0 Å². The normalized spacial score (nSPS) is 20.2. The van der Waals surface area contributed by atoms with E-state index in [-0.39, 0.29) is 5.82 Å². The van der Waals surface area contributed by atoms with Crippen molar-refractivity contribution in [2.45, 2.75) is 31.7 Å². The molecule has 0 atom stereocenters. The van der Waals surface area contributed by atoms with Gasteiger partial charge in [-0.3, -0.25) is 0 Å². The molecule has 0 spiro atoms. The van der Waals surface area contributed by atoms with Gasteiger partial charge in [0.2, 0.25) is 0 Å². The lowest BCUT2D eigenvalue weighted by Crippen LogP contribution is -2.24. The standard InChI is InChI=1S/C13H15BrFN/c14-10-5-6-12(11(15)7-10)16-13(8-1-2-8)9-3-4-9/h5-9,13,16H,1-4H2. The minimum atomic E-state index is -0.152. The Balaban J connectivity index is 1.76. The molecule has 2 saturated carbocycles. The Morgan fingerprint density at radius 3 is 2.31 bits per heavy atom. The van der Waals surface area contributed by atoms with Crippen LogP contribution in [0, 0.1) is 17.7 Å². The van der Waals surface area contributed by atoms with Crippen molar-refractivity contribution in [3.63, 3.8) is 0 Å². The molecule has 0 radical (unpaired) electrons. The summed E-state index contributed by atoms with van der Waals surface area (Å²) in [6, 6.07) is 5.76. The zero-order valence-corrected chi connectivity index (χ0v) is 10.6. The van der Waals surface area contributed by atoms with Gasteiger partial charge in [0.05, 0.1) is 5.69 Å². The van der Waals surface area contributed by atoms with Crippen LogP contribution >= 0.6 is 15.9 Å². The van der Waals surface area contributed by atoms with Crippen LogP contribution in [0.5, 0.6) is 0 Å². The van der Waals surface area contributed by atoms with Crippen molar-refractivity contribution in [1.29, 1.82) is 0 Å². The van der Waals surface area contributed by atoms with Crippen LogP contribution in [-0.2, 0) is 0 Å². The first-order chi connectivity index (χ1) is 7.74. The van der Waals surface area contributed by atoms with Crippen molar-refractivity contribution >= 4 is 21.6 Å². The summed E-state index contributed by atoms with van der Waals surface area (Å²) in [4.78, 5) is 0. The summed E-state index contributed by atoms with van der Waals surface area (Å²) in [7, 11) is 0. The van der Waals surface area contributed by atoms with Gasteiger partial charge in [-0.05, 0) is 55.7 Å². The molecule has 2 fully saturated rings. The highest BCUT2D eigenvalue weighted by molar-refractivity contribution is 9.10. The Morgan fingerprint density at radius 2 is 1.81 bits per heavy atom. The molecular formula is C13H15BrFN. The number of hydrogen-bond donors (Lipinski definition) is 1. The molecule has 3 rings (SSSR count). The van der Waals surface area contributed by atoms with E-state index >= 15 is 0 Å². The maximum absolute atomic E-state index is 13.7. The average Bonchev–Trinajstić information content (AvgIpc) is 3.11. The Hall–Kier alpha value is -0.570. The summed E-state index contributed by atoms with van der Waals surface area (Å²) in [5.41, 5.74) is 0.659. The van der Waals surface area contributed by atoms with Crippen LogP contribution in [-0.4, -0.2) is 6.04 Å². The van der Waals surface area contributed by atoms with E-state index < -0.39 is 0 Å². The number of anilines is 1. The maximum atomic E-state index is 13.7. The fourth-order valence-electron chi connectivity index (χ4n) is 2.32. The van der Waals surface area contributed by atoms with Crippen LogP contribution in [0.15, 0.2) is 22.7 Å². The molecule has 0 aliphatic heterocycles. The molecule has 16 heavy (non-hydrogen) atoms. The lowest BCUT2D eigenvalue weighted by Gasteiger charge is -2.19. The monoisotopic (exact) mass is 283 g/mol. The Bertz CT molecular complexity index is 387. The van der Waals surface area contributed by atoms with Gasteiger partial charge in [-0.25, -0.2) is 4.39 Å². The predicted molar refractivity (Wildman–Crippen MR) is 67.0 cm³/mol. The second-order valence-corrected chi connectivity index (χ2v) is 5.88. The Kier molecular flexibility index (Phi) is 2.66. The first-order valence-corrected chi connectivity index (χ1v) is 6.75. The van der Waals surface area contributed by atoms with Gasteiger partial charge in [0.1, 0.15) is 5.82 Å². The highest BCUT2D eigenvalue weighted by atomic mass is 79.9. The second kappa shape index (κ2) is 4.02. The number of benzene rings is 1. The fourth-order valence-corrected chi connectivity index (χ4v) is 2.65. The topological polar surface area (TPSA) is 12.0 Å². The smallest absolute Gasteiger partial charge is 0.147 e. The first-order valence-electron chi connectivity index (χ1n) is 5.95. The molecule has 0 unspecified atom stereocenters. The molecule has 2 aliphatic carbocycles. The minimum absolute atomic E-state index is 0.152. The number of hydrogen-bond acceptors (Lipinski definition) is 1. The van der Waals surface area contributed by atoms with Gasteiger partial charge in [0.15, 0.2) is 0 Å². The van der Waals surface area contributed by atoms with E-state index in [2.05, 4.69) is 21.2 Å². The Morgan fingerprint density at radius 1 is 1.19 bits per heavy atom. The van der Waals surface area contributed by atoms with Gasteiger partial charge >= 0.3 is 0 Å². The molecule has 1 nitrogen and oxygen atoms in total. The molecule has 0 amide bonds. The summed E-state index contributed by atoms with van der Waals surface area (Å²) in [5.74, 6) is 1.42. The molecular weight excluding hydrogens is 269 g/mol. The molecule has 86 valence electrons. The molecule has 0 bridgehead atoms. The number of halogens is 2. The van der Waals surface area contributed by atoms with Gasteiger partial charge in [0, 0.05) is 10.5 Å². The summed E-state index contributed by atoms with van der Waals surface area (Å²) in [5, 5.41) is 3.40. The highest BCUT2D eigenvalue weighted by Gasteiger charge is 2.41. The molecule has 2 aliphatic rings. The maximum Gasteiger partial charge on any atom is 0.147 e. The van der Waals surface area contributed by atoms with Crippen LogP contribution in [0.1, 0.15) is 25.7 Å². The van der Waals surface area contributed by atoms with Crippen molar-refractivity contribution in [3.05, 3.63) is 28.5 Å². The third-order valence-corrected chi connectivity index (χ3v) is 4.01. The zero-order valence-electron chi connectivity index (χ0n) is 9.05. The van der Waals surface area contributed by atoms with Crippen LogP contribution in [0.4, 0.5) is 10.1 Å². The first kappa shape index (κ1) is 10.6. The summed E-state index contributed by atoms with van der Waals surface area (Å²) in [6.07, 6.45) is 5.25. The van der Waals surface area contributed by atoms with E-state index in [1.165, 1.54) is 31.7 Å². The largest absolute Gasteiger partial charge is 0.379 e. The molecule has 0 saturated heterocycles. The van der Waals surface area contributed by atoms with E-state index in [1.54, 1.807) is 0 Å². The van der Waals surface area contributed by atoms with Crippen molar-refractivity contribution in [3.8, 4) is 0 Å². The Labute approximate surface area is 104 Å². The van der Waals surface area contributed by atoms with Crippen LogP contribution in [0.25, 0.3) is 0 Å². The molecule has 1 aromatic carbocycles. The molecule has 1 aromatic rings. The summed E-state index contributed by atoms with van der Waals surface area (Å²) in [6.45, 7) is 0. The van der Waals surface area contributed by atoms with Crippen LogP contribution in [0.2, 0.25) is 0 Å². The average molecular weight is 284 g/mol. The zero-order chi connectivity index (χ0) is 11.1. The van der Waals surface area contributed by atoms with E-state index in [4.69, 9.17) is 0 Å². The third kappa shape index (κ3) is 2.24. The van der Waals surface area contributed by atoms with Crippen molar-refractivity contribution in [1.82, 2.24) is 0 Å². The van der Waals surface area contributed by atoms with Crippen molar-refractivity contribution < 1.29 is 4.39 Å². The number of rotatable bonds is 4. The highest BCUT2D eigenvalue weighted by Crippen LogP contribution is 2.46. The quantitative estimate of drug-likeness (QED) is 0.874. The molecule has 0 aromatic heterocycles. The van der Waals surface area contributed by atoms with Crippen molar-refractivity contribution in [2.75, 3.05) is 5.32 Å². The third-order valence-electron chi connectivity index (χ3n) is 3.51. The van der Waals surface area contributed by atoms with E-state index in [0.717, 1.165) is 16.3 Å². The lowest BCUT2D eigenvalue weighted by molar-refractivity contribution is 0.557. The minimum Gasteiger partial charge on any atom is -0.379 e. The summed E-state index contributed by atoms with van der Waals surface area (Å²) < 4.78 is 14.5. The lowest BCUT2D eigenvalue weighted by atomic mass is 10.1. The van der Waals surface area contributed by atoms with E-state index in [9.17, 15) is 4.39 Å². The van der Waals surface area contributed by atoms with E-state index in [0.29, 0.717) is 11.7 Å². The molecule has 3 heteroatoms. The van der Waals surface area contributed by atoms with Gasteiger partial charge in [-0.2, -0.15) is 0 Å².